The predicted octanol–water partition coefficient (Wildman–Crippen LogP) is 2.89. The van der Waals surface area contributed by atoms with Gasteiger partial charge in [-0.2, -0.15) is 0 Å². The molecule has 0 atom stereocenters. The third kappa shape index (κ3) is 2.27. The lowest BCUT2D eigenvalue weighted by Crippen LogP contribution is -2.60. The first-order valence-corrected chi connectivity index (χ1v) is 8.36. The number of hydrogen-bond acceptors (Lipinski definition) is 2. The maximum absolute atomic E-state index is 13.2. The third-order valence-electron chi connectivity index (χ3n) is 3.61. The highest BCUT2D eigenvalue weighted by molar-refractivity contribution is 7.71. The molecule has 0 aromatic heterocycles. The van der Waals surface area contributed by atoms with Gasteiger partial charge >= 0.3 is 0 Å². The molecular weight excluding hydrogens is 245 g/mol. The van der Waals surface area contributed by atoms with E-state index in [9.17, 15) is 9.77 Å². The van der Waals surface area contributed by atoms with Crippen molar-refractivity contribution < 1.29 is 9.77 Å². The molecule has 0 saturated carbocycles. The average molecular weight is 266 g/mol. The van der Waals surface area contributed by atoms with Crippen LogP contribution in [0.1, 0.15) is 27.7 Å². The van der Waals surface area contributed by atoms with Gasteiger partial charge in [-0.25, -0.2) is 0 Å². The normalized spacial score (nSPS) is 25.8. The molecule has 1 heterocycles. The van der Waals surface area contributed by atoms with Gasteiger partial charge in [-0.05, 0) is 27.7 Å². The van der Waals surface area contributed by atoms with Crippen LogP contribution in [0, 0.1) is 0 Å². The molecular formula is C14H21NO2P. The van der Waals surface area contributed by atoms with Crippen molar-refractivity contribution in [2.24, 2.45) is 0 Å². The highest BCUT2D eigenvalue weighted by Gasteiger charge is 2.51. The van der Waals surface area contributed by atoms with Crippen LogP contribution in [0.15, 0.2) is 30.3 Å². The lowest BCUT2D eigenvalue weighted by Gasteiger charge is -2.49. The van der Waals surface area contributed by atoms with Gasteiger partial charge in [0.1, 0.15) is 7.14 Å². The van der Waals surface area contributed by atoms with Gasteiger partial charge in [0.15, 0.2) is 0 Å². The van der Waals surface area contributed by atoms with Crippen molar-refractivity contribution in [1.29, 1.82) is 0 Å². The summed E-state index contributed by atoms with van der Waals surface area (Å²) in [6.07, 6.45) is 0.911. The summed E-state index contributed by atoms with van der Waals surface area (Å²) in [6.45, 7) is 7.54. The molecule has 1 radical (unpaired) electrons. The van der Waals surface area contributed by atoms with Crippen molar-refractivity contribution >= 4 is 12.4 Å². The summed E-state index contributed by atoms with van der Waals surface area (Å²) in [5, 5.41) is 14.3. The molecule has 1 aliphatic rings. The SMILES string of the molecule is CC1(C)CP(=O)(c2ccccc2)CC(C)(C)N1[O]. The molecule has 1 fully saturated rings. The average Bonchev–Trinajstić information content (AvgIpc) is 2.26. The van der Waals surface area contributed by atoms with Gasteiger partial charge in [-0.1, -0.05) is 30.3 Å². The zero-order valence-electron chi connectivity index (χ0n) is 11.5. The summed E-state index contributed by atoms with van der Waals surface area (Å²) < 4.78 is 13.2. The number of rotatable bonds is 1. The van der Waals surface area contributed by atoms with Crippen LogP contribution in [-0.4, -0.2) is 28.5 Å². The quantitative estimate of drug-likeness (QED) is 0.733. The molecule has 2 rings (SSSR count). The molecule has 1 aromatic carbocycles. The smallest absolute Gasteiger partial charge is 0.119 e. The summed E-state index contributed by atoms with van der Waals surface area (Å²) in [6, 6.07) is 9.60. The summed E-state index contributed by atoms with van der Waals surface area (Å²) in [5.74, 6) is 0. The van der Waals surface area contributed by atoms with E-state index >= 15 is 0 Å². The fraction of sp³-hybridized carbons (Fsp3) is 0.571. The van der Waals surface area contributed by atoms with Crippen LogP contribution in [0.3, 0.4) is 0 Å². The fourth-order valence-corrected chi connectivity index (χ4v) is 7.09. The highest BCUT2D eigenvalue weighted by Crippen LogP contribution is 2.55. The largest absolute Gasteiger partial charge is 0.318 e. The molecule has 1 aromatic rings. The molecule has 0 N–H and O–H groups in total. The molecule has 3 nitrogen and oxygen atoms in total. The summed E-state index contributed by atoms with van der Waals surface area (Å²) in [7, 11) is -2.49. The van der Waals surface area contributed by atoms with Gasteiger partial charge < -0.3 is 4.57 Å². The molecule has 1 saturated heterocycles. The molecule has 0 spiro atoms. The van der Waals surface area contributed by atoms with Gasteiger partial charge in [0.05, 0.1) is 11.1 Å². The van der Waals surface area contributed by atoms with E-state index in [0.29, 0.717) is 12.3 Å². The van der Waals surface area contributed by atoms with E-state index in [1.807, 2.05) is 58.0 Å². The predicted molar refractivity (Wildman–Crippen MR) is 74.1 cm³/mol. The lowest BCUT2D eigenvalue weighted by atomic mass is 9.99. The van der Waals surface area contributed by atoms with E-state index in [1.165, 1.54) is 0 Å². The maximum Gasteiger partial charge on any atom is 0.119 e. The second-order valence-corrected chi connectivity index (χ2v) is 9.39. The van der Waals surface area contributed by atoms with Gasteiger partial charge in [0, 0.05) is 17.6 Å². The zero-order valence-corrected chi connectivity index (χ0v) is 12.4. The van der Waals surface area contributed by atoms with E-state index in [0.717, 1.165) is 10.4 Å². The van der Waals surface area contributed by atoms with Crippen LogP contribution in [0.25, 0.3) is 0 Å². The standard InChI is InChI=1S/C14H21NO2P/c1-13(2)10-18(17,11-14(3,4)15(13)16)12-8-6-5-7-9-12/h5-9H,10-11H2,1-4H3. The number of benzene rings is 1. The first kappa shape index (κ1) is 13.8. The van der Waals surface area contributed by atoms with Crippen molar-refractivity contribution in [3.63, 3.8) is 0 Å². The monoisotopic (exact) mass is 266 g/mol. The summed E-state index contributed by atoms with van der Waals surface area (Å²) >= 11 is 0. The van der Waals surface area contributed by atoms with Gasteiger partial charge in [-0.3, -0.25) is 0 Å². The molecule has 0 aliphatic carbocycles. The Morgan fingerprint density at radius 3 is 1.89 bits per heavy atom. The lowest BCUT2D eigenvalue weighted by molar-refractivity contribution is -0.263. The van der Waals surface area contributed by atoms with Crippen LogP contribution < -0.4 is 5.30 Å². The van der Waals surface area contributed by atoms with Crippen LogP contribution in [0.5, 0.6) is 0 Å². The summed E-state index contributed by atoms with van der Waals surface area (Å²) in [4.78, 5) is 0. The number of hydrogen-bond donors (Lipinski definition) is 0. The second kappa shape index (κ2) is 4.19. The highest BCUT2D eigenvalue weighted by atomic mass is 31.2. The van der Waals surface area contributed by atoms with Crippen molar-refractivity contribution in [1.82, 2.24) is 5.06 Å². The Morgan fingerprint density at radius 1 is 1.00 bits per heavy atom. The van der Waals surface area contributed by atoms with E-state index in [4.69, 9.17) is 0 Å². The minimum Gasteiger partial charge on any atom is -0.318 e. The molecule has 18 heavy (non-hydrogen) atoms. The molecule has 0 unspecified atom stereocenters. The number of hydroxylamine groups is 2. The molecule has 0 amide bonds. The number of nitrogens with zero attached hydrogens (tertiary/aromatic N) is 1. The van der Waals surface area contributed by atoms with E-state index < -0.39 is 18.2 Å². The fourth-order valence-electron chi connectivity index (χ4n) is 3.14. The second-order valence-electron chi connectivity index (χ2n) is 6.46. The first-order valence-electron chi connectivity index (χ1n) is 6.29. The first-order chi connectivity index (χ1) is 8.17. The van der Waals surface area contributed by atoms with Crippen molar-refractivity contribution in [2.75, 3.05) is 12.3 Å². The molecule has 1 aliphatic heterocycles. The van der Waals surface area contributed by atoms with Crippen LogP contribution in [0.2, 0.25) is 0 Å². The van der Waals surface area contributed by atoms with Gasteiger partial charge in [-0.15, -0.1) is 10.3 Å². The molecule has 0 bridgehead atoms. The van der Waals surface area contributed by atoms with Crippen LogP contribution in [-0.2, 0) is 9.77 Å². The van der Waals surface area contributed by atoms with E-state index in [1.54, 1.807) is 0 Å². The Kier molecular flexibility index (Phi) is 3.21. The van der Waals surface area contributed by atoms with Crippen LogP contribution >= 0.6 is 7.14 Å². The van der Waals surface area contributed by atoms with Gasteiger partial charge in [0.25, 0.3) is 0 Å². The summed E-state index contributed by atoms with van der Waals surface area (Å²) in [5.41, 5.74) is -1.15. The zero-order chi connectivity index (χ0) is 13.6. The van der Waals surface area contributed by atoms with Gasteiger partial charge in [0.2, 0.25) is 0 Å². The topological polar surface area (TPSA) is 40.2 Å². The molecule has 4 heteroatoms. The third-order valence-corrected chi connectivity index (χ3v) is 7.42. The minimum absolute atomic E-state index is 0.455. The molecule has 99 valence electrons. The Balaban J connectivity index is 2.45. The van der Waals surface area contributed by atoms with Crippen molar-refractivity contribution in [2.45, 2.75) is 38.8 Å². The Bertz CT molecular complexity index is 460. The van der Waals surface area contributed by atoms with Crippen molar-refractivity contribution in [3.05, 3.63) is 30.3 Å². The van der Waals surface area contributed by atoms with E-state index in [2.05, 4.69) is 0 Å². The Labute approximate surface area is 109 Å². The Morgan fingerprint density at radius 2 is 1.44 bits per heavy atom. The maximum atomic E-state index is 13.2. The van der Waals surface area contributed by atoms with Crippen molar-refractivity contribution in [3.8, 4) is 0 Å². The Hall–Kier alpha value is -0.630. The minimum atomic E-state index is -2.49. The van der Waals surface area contributed by atoms with Crippen LogP contribution in [0.4, 0.5) is 0 Å². The van der Waals surface area contributed by atoms with E-state index in [-0.39, 0.29) is 0 Å².